The van der Waals surface area contributed by atoms with Gasteiger partial charge in [-0.2, -0.15) is 0 Å². The number of benzene rings is 1. The van der Waals surface area contributed by atoms with Crippen LogP contribution in [0.2, 0.25) is 0 Å². The second-order valence-electron chi connectivity index (χ2n) is 5.48. The second kappa shape index (κ2) is 6.20. The number of aliphatic carboxylic acids is 1. The number of carboxylic acids is 1. The van der Waals surface area contributed by atoms with Crippen LogP contribution in [0.1, 0.15) is 41.6 Å². The lowest BCUT2D eigenvalue weighted by atomic mass is 9.85. The lowest BCUT2D eigenvalue weighted by molar-refractivity contribution is -0.144. The van der Waals surface area contributed by atoms with E-state index in [0.717, 1.165) is 5.56 Å². The highest BCUT2D eigenvalue weighted by Gasteiger charge is 2.30. The first-order valence-electron chi connectivity index (χ1n) is 6.77. The van der Waals surface area contributed by atoms with Gasteiger partial charge in [0.15, 0.2) is 0 Å². The number of aryl methyl sites for hydroxylation is 1. The van der Waals surface area contributed by atoms with Crippen LogP contribution in [-0.4, -0.2) is 30.1 Å². The van der Waals surface area contributed by atoms with Crippen molar-refractivity contribution < 1.29 is 9.90 Å². The molecule has 0 saturated heterocycles. The van der Waals surface area contributed by atoms with E-state index >= 15 is 0 Å². The van der Waals surface area contributed by atoms with Gasteiger partial charge in [0, 0.05) is 6.04 Å². The summed E-state index contributed by atoms with van der Waals surface area (Å²) in [5, 5.41) is 9.44. The lowest BCUT2D eigenvalue weighted by Gasteiger charge is -2.31. The Morgan fingerprint density at radius 3 is 2.21 bits per heavy atom. The third-order valence-electron chi connectivity index (χ3n) is 4.11. The van der Waals surface area contributed by atoms with Crippen LogP contribution in [0.4, 0.5) is 0 Å². The smallest absolute Gasteiger partial charge is 0.308 e. The van der Waals surface area contributed by atoms with Gasteiger partial charge < -0.3 is 10.0 Å². The molecular formula is C16H25NO2. The summed E-state index contributed by atoms with van der Waals surface area (Å²) in [6.45, 7) is 8.21. The molecule has 0 aliphatic carbocycles. The fourth-order valence-corrected chi connectivity index (χ4v) is 2.69. The van der Waals surface area contributed by atoms with Crippen molar-refractivity contribution in [3.05, 3.63) is 34.4 Å². The van der Waals surface area contributed by atoms with E-state index < -0.39 is 5.97 Å². The molecule has 0 radical (unpaired) electrons. The first-order chi connectivity index (χ1) is 8.81. The van der Waals surface area contributed by atoms with E-state index in [1.54, 1.807) is 0 Å². The Morgan fingerprint density at radius 2 is 1.79 bits per heavy atom. The maximum absolute atomic E-state index is 11.5. The van der Waals surface area contributed by atoms with Crippen molar-refractivity contribution in [3.63, 3.8) is 0 Å². The van der Waals surface area contributed by atoms with Crippen molar-refractivity contribution in [1.82, 2.24) is 4.90 Å². The number of hydrogen-bond donors (Lipinski definition) is 1. The van der Waals surface area contributed by atoms with Crippen LogP contribution in [0.25, 0.3) is 0 Å². The quantitative estimate of drug-likeness (QED) is 0.886. The molecular weight excluding hydrogens is 238 g/mol. The van der Waals surface area contributed by atoms with E-state index in [1.165, 1.54) is 16.7 Å². The SMILES string of the molecule is CCC(C(=O)O)C(c1ccc(C)c(C)c1C)N(C)C. The first-order valence-corrected chi connectivity index (χ1v) is 6.77. The van der Waals surface area contributed by atoms with Gasteiger partial charge in [0.05, 0.1) is 5.92 Å². The van der Waals surface area contributed by atoms with Crippen molar-refractivity contribution in [1.29, 1.82) is 0 Å². The number of carboxylic acid groups (broad SMARTS) is 1. The predicted molar refractivity (Wildman–Crippen MR) is 78.5 cm³/mol. The molecule has 1 N–H and O–H groups in total. The molecule has 2 unspecified atom stereocenters. The number of hydrogen-bond acceptors (Lipinski definition) is 2. The van der Waals surface area contributed by atoms with Gasteiger partial charge in [-0.25, -0.2) is 0 Å². The van der Waals surface area contributed by atoms with Crippen LogP contribution in [0.15, 0.2) is 12.1 Å². The van der Waals surface area contributed by atoms with E-state index in [2.05, 4.69) is 32.9 Å². The van der Waals surface area contributed by atoms with Gasteiger partial charge in [0.1, 0.15) is 0 Å². The van der Waals surface area contributed by atoms with Gasteiger partial charge in [-0.15, -0.1) is 0 Å². The Balaban J connectivity index is 3.35. The van der Waals surface area contributed by atoms with Crippen LogP contribution in [0.5, 0.6) is 0 Å². The zero-order chi connectivity index (χ0) is 14.7. The van der Waals surface area contributed by atoms with Gasteiger partial charge in [-0.05, 0) is 63.5 Å². The molecule has 0 aromatic heterocycles. The lowest BCUT2D eigenvalue weighted by Crippen LogP contribution is -2.32. The Bertz CT molecular complexity index is 466. The molecule has 0 aliphatic rings. The predicted octanol–water partition coefficient (Wildman–Crippen LogP) is 3.33. The van der Waals surface area contributed by atoms with E-state index in [1.807, 2.05) is 25.9 Å². The maximum atomic E-state index is 11.5. The van der Waals surface area contributed by atoms with Gasteiger partial charge in [0.2, 0.25) is 0 Å². The summed E-state index contributed by atoms with van der Waals surface area (Å²) < 4.78 is 0. The molecule has 0 bridgehead atoms. The summed E-state index contributed by atoms with van der Waals surface area (Å²) in [6, 6.07) is 4.08. The average molecular weight is 263 g/mol. The molecule has 2 atom stereocenters. The molecule has 1 aromatic carbocycles. The largest absolute Gasteiger partial charge is 0.481 e. The van der Waals surface area contributed by atoms with Crippen LogP contribution in [-0.2, 0) is 4.79 Å². The van der Waals surface area contributed by atoms with E-state index in [-0.39, 0.29) is 12.0 Å². The summed E-state index contributed by atoms with van der Waals surface area (Å²) in [6.07, 6.45) is 0.630. The average Bonchev–Trinajstić information content (AvgIpc) is 2.33. The van der Waals surface area contributed by atoms with Crippen molar-refractivity contribution in [2.45, 2.75) is 40.2 Å². The molecule has 0 spiro atoms. The van der Waals surface area contributed by atoms with Crippen LogP contribution in [0, 0.1) is 26.7 Å². The Labute approximate surface area is 116 Å². The molecule has 3 heteroatoms. The third-order valence-corrected chi connectivity index (χ3v) is 4.11. The van der Waals surface area contributed by atoms with Crippen LogP contribution in [0.3, 0.4) is 0 Å². The van der Waals surface area contributed by atoms with E-state index in [9.17, 15) is 9.90 Å². The summed E-state index contributed by atoms with van der Waals surface area (Å²) in [7, 11) is 3.90. The molecule has 0 heterocycles. The standard InChI is InChI=1S/C16H25NO2/c1-7-13(16(18)19)15(17(5)6)14-9-8-10(2)11(3)12(14)4/h8-9,13,15H,7H2,1-6H3,(H,18,19). The highest BCUT2D eigenvalue weighted by molar-refractivity contribution is 5.71. The number of nitrogens with zero attached hydrogens (tertiary/aromatic N) is 1. The van der Waals surface area contributed by atoms with E-state index in [0.29, 0.717) is 6.42 Å². The van der Waals surface area contributed by atoms with Gasteiger partial charge in [-0.1, -0.05) is 19.1 Å². The normalized spacial score (nSPS) is 14.5. The summed E-state index contributed by atoms with van der Waals surface area (Å²) in [5.41, 5.74) is 4.84. The van der Waals surface area contributed by atoms with Crippen molar-refractivity contribution >= 4 is 5.97 Å². The first kappa shape index (κ1) is 15.7. The van der Waals surface area contributed by atoms with Crippen molar-refractivity contribution in [3.8, 4) is 0 Å². The Kier molecular flexibility index (Phi) is 5.12. The summed E-state index contributed by atoms with van der Waals surface area (Å²) >= 11 is 0. The molecule has 3 nitrogen and oxygen atoms in total. The zero-order valence-electron chi connectivity index (χ0n) is 12.8. The van der Waals surface area contributed by atoms with Crippen LogP contribution >= 0.6 is 0 Å². The molecule has 1 rings (SSSR count). The number of carbonyl (C=O) groups is 1. The zero-order valence-corrected chi connectivity index (χ0v) is 12.8. The van der Waals surface area contributed by atoms with Crippen molar-refractivity contribution in [2.75, 3.05) is 14.1 Å². The topological polar surface area (TPSA) is 40.5 Å². The minimum Gasteiger partial charge on any atom is -0.481 e. The Morgan fingerprint density at radius 1 is 1.21 bits per heavy atom. The third kappa shape index (κ3) is 3.16. The molecule has 19 heavy (non-hydrogen) atoms. The van der Waals surface area contributed by atoms with Crippen LogP contribution < -0.4 is 0 Å². The number of rotatable bonds is 5. The molecule has 0 saturated carbocycles. The molecule has 0 amide bonds. The van der Waals surface area contributed by atoms with Crippen molar-refractivity contribution in [2.24, 2.45) is 5.92 Å². The maximum Gasteiger partial charge on any atom is 0.308 e. The summed E-state index contributed by atoms with van der Waals surface area (Å²) in [4.78, 5) is 13.5. The second-order valence-corrected chi connectivity index (χ2v) is 5.48. The monoisotopic (exact) mass is 263 g/mol. The summed E-state index contributed by atoms with van der Waals surface area (Å²) in [5.74, 6) is -1.10. The minimum absolute atomic E-state index is 0.0817. The molecule has 0 fully saturated rings. The Hall–Kier alpha value is -1.35. The van der Waals surface area contributed by atoms with Gasteiger partial charge >= 0.3 is 5.97 Å². The van der Waals surface area contributed by atoms with E-state index in [4.69, 9.17) is 0 Å². The molecule has 1 aromatic rings. The molecule has 0 aliphatic heterocycles. The minimum atomic E-state index is -0.723. The fourth-order valence-electron chi connectivity index (χ4n) is 2.69. The highest BCUT2D eigenvalue weighted by Crippen LogP contribution is 2.33. The van der Waals surface area contributed by atoms with Gasteiger partial charge in [0.25, 0.3) is 0 Å². The highest BCUT2D eigenvalue weighted by atomic mass is 16.4. The molecule has 106 valence electrons. The fraction of sp³-hybridized carbons (Fsp3) is 0.562. The van der Waals surface area contributed by atoms with Gasteiger partial charge in [-0.3, -0.25) is 4.79 Å².